The third kappa shape index (κ3) is 4.91. The van der Waals surface area contributed by atoms with Crippen LogP contribution in [0.4, 0.5) is 0 Å². The average Bonchev–Trinajstić information content (AvgIpc) is 3.60. The summed E-state index contributed by atoms with van der Waals surface area (Å²) in [5.74, 6) is 0.985. The van der Waals surface area contributed by atoms with Gasteiger partial charge in [-0.25, -0.2) is 0 Å². The number of H-pyrrole nitrogens is 1. The number of amides is 1. The number of carbonyl (C=O) groups excluding carboxylic acids is 1. The van der Waals surface area contributed by atoms with Gasteiger partial charge in [0.05, 0.1) is 11.3 Å². The van der Waals surface area contributed by atoms with Crippen LogP contribution in [0.5, 0.6) is 5.75 Å². The molecule has 1 amide bonds. The molecular formula is C30H26ClN5O3. The van der Waals surface area contributed by atoms with Crippen LogP contribution in [0.3, 0.4) is 0 Å². The van der Waals surface area contributed by atoms with Crippen molar-refractivity contribution in [3.8, 4) is 17.1 Å². The van der Waals surface area contributed by atoms with Crippen molar-refractivity contribution < 1.29 is 9.53 Å². The van der Waals surface area contributed by atoms with Crippen LogP contribution >= 0.6 is 11.6 Å². The predicted octanol–water partition coefficient (Wildman–Crippen LogP) is 5.09. The Kier molecular flexibility index (Phi) is 6.40. The number of nitrogens with zero attached hydrogens (tertiary/aromatic N) is 3. The van der Waals surface area contributed by atoms with Crippen LogP contribution in [0.25, 0.3) is 17.2 Å². The van der Waals surface area contributed by atoms with Crippen LogP contribution in [-0.4, -0.2) is 32.0 Å². The van der Waals surface area contributed by atoms with Gasteiger partial charge in [0.15, 0.2) is 5.82 Å². The largest absolute Gasteiger partial charge is 0.487 e. The van der Waals surface area contributed by atoms with Gasteiger partial charge in [-0.3, -0.25) is 9.59 Å². The summed E-state index contributed by atoms with van der Waals surface area (Å²) >= 11 is 6.44. The van der Waals surface area contributed by atoms with Crippen LogP contribution < -0.4 is 15.6 Å². The van der Waals surface area contributed by atoms with E-state index in [9.17, 15) is 9.59 Å². The minimum Gasteiger partial charge on any atom is -0.487 e. The molecule has 0 spiro atoms. The van der Waals surface area contributed by atoms with Crippen LogP contribution in [0.1, 0.15) is 40.0 Å². The summed E-state index contributed by atoms with van der Waals surface area (Å²) in [4.78, 5) is 33.7. The number of aromatic amines is 1. The molecule has 196 valence electrons. The number of nitrogens with one attached hydrogen (secondary N) is 2. The number of ether oxygens (including phenoxy) is 1. The number of aromatic nitrogens is 4. The number of hydrogen-bond acceptors (Lipinski definition) is 5. The highest BCUT2D eigenvalue weighted by molar-refractivity contribution is 6.31. The molecule has 0 unspecified atom stereocenters. The van der Waals surface area contributed by atoms with Crippen LogP contribution in [-0.2, 0) is 12.0 Å². The molecule has 3 aromatic carbocycles. The van der Waals surface area contributed by atoms with Gasteiger partial charge in [-0.15, -0.1) is 5.10 Å². The van der Waals surface area contributed by atoms with Crippen LogP contribution in [0.15, 0.2) is 83.7 Å². The van der Waals surface area contributed by atoms with Gasteiger partial charge in [0.1, 0.15) is 12.4 Å². The van der Waals surface area contributed by atoms with Crippen molar-refractivity contribution in [3.05, 3.63) is 117 Å². The van der Waals surface area contributed by atoms with Crippen LogP contribution in [0, 0.1) is 6.92 Å². The lowest BCUT2D eigenvalue weighted by atomic mass is 9.95. The Morgan fingerprint density at radius 1 is 1.08 bits per heavy atom. The first-order valence-electron chi connectivity index (χ1n) is 12.7. The number of hydrogen-bond donors (Lipinski definition) is 2. The Morgan fingerprint density at radius 3 is 2.62 bits per heavy atom. The molecule has 0 atom stereocenters. The lowest BCUT2D eigenvalue weighted by molar-refractivity contribution is 0.0944. The summed E-state index contributed by atoms with van der Waals surface area (Å²) in [6, 6.07) is 24.1. The maximum atomic E-state index is 13.4. The number of rotatable bonds is 8. The molecule has 8 nitrogen and oxygen atoms in total. The first kappa shape index (κ1) is 24.9. The SMILES string of the molecule is Cc1cccc(OCc2cc(=O)n3nc(-c4ccccc4)nc3[nH]2)c1C(=O)NCC1(c2ccccc2Cl)CC1. The third-order valence-corrected chi connectivity index (χ3v) is 7.48. The molecule has 39 heavy (non-hydrogen) atoms. The van der Waals surface area contributed by atoms with Gasteiger partial charge in [-0.2, -0.15) is 9.50 Å². The van der Waals surface area contributed by atoms with E-state index in [1.807, 2.05) is 73.7 Å². The topological polar surface area (TPSA) is 101 Å². The Morgan fingerprint density at radius 2 is 1.85 bits per heavy atom. The second-order valence-corrected chi connectivity index (χ2v) is 10.3. The Labute approximate surface area is 229 Å². The highest BCUT2D eigenvalue weighted by atomic mass is 35.5. The molecule has 5 aromatic rings. The summed E-state index contributed by atoms with van der Waals surface area (Å²) in [6.07, 6.45) is 1.94. The normalized spacial score (nSPS) is 13.8. The highest BCUT2D eigenvalue weighted by Gasteiger charge is 2.45. The van der Waals surface area contributed by atoms with Gasteiger partial charge < -0.3 is 15.0 Å². The second-order valence-electron chi connectivity index (χ2n) is 9.85. The zero-order valence-electron chi connectivity index (χ0n) is 21.3. The summed E-state index contributed by atoms with van der Waals surface area (Å²) in [7, 11) is 0. The fourth-order valence-electron chi connectivity index (χ4n) is 4.85. The van der Waals surface area contributed by atoms with Gasteiger partial charge in [0.2, 0.25) is 5.78 Å². The average molecular weight is 540 g/mol. The Bertz CT molecular complexity index is 1740. The first-order valence-corrected chi connectivity index (χ1v) is 13.1. The molecule has 1 aliphatic carbocycles. The van der Waals surface area contributed by atoms with Crippen molar-refractivity contribution in [1.82, 2.24) is 24.9 Å². The molecule has 6 rings (SSSR count). The van der Waals surface area contributed by atoms with E-state index >= 15 is 0 Å². The predicted molar refractivity (Wildman–Crippen MR) is 149 cm³/mol. The molecular weight excluding hydrogens is 514 g/mol. The minimum atomic E-state index is -0.325. The monoisotopic (exact) mass is 539 g/mol. The molecule has 2 N–H and O–H groups in total. The summed E-state index contributed by atoms with van der Waals surface area (Å²) in [5, 5.41) is 8.15. The van der Waals surface area contributed by atoms with Crippen molar-refractivity contribution in [2.45, 2.75) is 31.8 Å². The Balaban J connectivity index is 1.20. The van der Waals surface area contributed by atoms with Crippen molar-refractivity contribution >= 4 is 23.3 Å². The molecule has 2 heterocycles. The van der Waals surface area contributed by atoms with Crippen molar-refractivity contribution in [1.29, 1.82) is 0 Å². The molecule has 1 saturated carbocycles. The minimum absolute atomic E-state index is 0.0482. The van der Waals surface area contributed by atoms with Gasteiger partial charge in [-0.05, 0) is 43.0 Å². The zero-order chi connectivity index (χ0) is 27.0. The lowest BCUT2D eigenvalue weighted by Crippen LogP contribution is -2.33. The third-order valence-electron chi connectivity index (χ3n) is 7.15. The number of halogens is 1. The Hall–Kier alpha value is -4.43. The van der Waals surface area contributed by atoms with Gasteiger partial charge in [-0.1, -0.05) is 72.3 Å². The van der Waals surface area contributed by atoms with E-state index in [0.29, 0.717) is 35.2 Å². The number of carbonyl (C=O) groups is 1. The molecule has 9 heteroatoms. The molecule has 1 fully saturated rings. The highest BCUT2D eigenvalue weighted by Crippen LogP contribution is 2.50. The summed E-state index contributed by atoms with van der Waals surface area (Å²) < 4.78 is 7.29. The van der Waals surface area contributed by atoms with Crippen molar-refractivity contribution in [3.63, 3.8) is 0 Å². The van der Waals surface area contributed by atoms with Gasteiger partial charge >= 0.3 is 0 Å². The summed E-state index contributed by atoms with van der Waals surface area (Å²) in [6.45, 7) is 2.41. The van der Waals surface area contributed by atoms with Crippen molar-refractivity contribution in [2.75, 3.05) is 6.54 Å². The maximum absolute atomic E-state index is 13.4. The molecule has 1 aliphatic rings. The maximum Gasteiger partial charge on any atom is 0.276 e. The lowest BCUT2D eigenvalue weighted by Gasteiger charge is -2.19. The molecule has 2 aromatic heterocycles. The second kappa shape index (κ2) is 10.0. The smallest absolute Gasteiger partial charge is 0.276 e. The summed E-state index contributed by atoms with van der Waals surface area (Å²) in [5.41, 5.74) is 3.19. The number of fused-ring (bicyclic) bond motifs is 1. The fraction of sp³-hybridized carbons (Fsp3) is 0.200. The molecule has 0 bridgehead atoms. The van der Waals surface area contributed by atoms with E-state index in [1.165, 1.54) is 10.6 Å². The molecule has 0 aliphatic heterocycles. The van der Waals surface area contributed by atoms with E-state index in [0.717, 1.165) is 34.6 Å². The van der Waals surface area contributed by atoms with E-state index in [-0.39, 0.29) is 23.5 Å². The van der Waals surface area contributed by atoms with Crippen molar-refractivity contribution in [2.24, 2.45) is 0 Å². The number of benzene rings is 3. The fourth-order valence-corrected chi connectivity index (χ4v) is 5.19. The van der Waals surface area contributed by atoms with E-state index < -0.39 is 0 Å². The molecule has 0 saturated heterocycles. The first-order chi connectivity index (χ1) is 18.9. The van der Waals surface area contributed by atoms with E-state index in [4.69, 9.17) is 16.3 Å². The van der Waals surface area contributed by atoms with E-state index in [2.05, 4.69) is 20.4 Å². The molecule has 0 radical (unpaired) electrons. The zero-order valence-corrected chi connectivity index (χ0v) is 22.0. The quantitative estimate of drug-likeness (QED) is 0.286. The van der Waals surface area contributed by atoms with Gasteiger partial charge in [0, 0.05) is 28.6 Å². The van der Waals surface area contributed by atoms with Gasteiger partial charge in [0.25, 0.3) is 11.5 Å². The standard InChI is InChI=1S/C30H26ClN5O3/c1-19-8-7-13-24(26(19)28(38)32-18-30(14-15-30)22-11-5-6-12-23(22)31)39-17-21-16-25(37)36-29(33-21)34-27(35-36)20-9-3-2-4-10-20/h2-13,16H,14-15,17-18H2,1H3,(H,32,38)(H,33,34,35). The number of aryl methyl sites for hydroxylation is 1. The van der Waals surface area contributed by atoms with E-state index in [1.54, 1.807) is 6.07 Å². The van der Waals surface area contributed by atoms with Crippen LogP contribution in [0.2, 0.25) is 5.02 Å².